The maximum absolute atomic E-state index is 13.3. The van der Waals surface area contributed by atoms with E-state index in [9.17, 15) is 18.0 Å². The summed E-state index contributed by atoms with van der Waals surface area (Å²) in [6.45, 7) is 4.02. The first kappa shape index (κ1) is 24.6. The Morgan fingerprint density at radius 1 is 1.21 bits per heavy atom. The molecular weight excluding hydrogens is 498 g/mol. The van der Waals surface area contributed by atoms with E-state index in [0.29, 0.717) is 22.7 Å². The van der Waals surface area contributed by atoms with Gasteiger partial charge in [0, 0.05) is 11.6 Å². The molecule has 0 aliphatic carbocycles. The first-order valence-electron chi connectivity index (χ1n) is 10.6. The summed E-state index contributed by atoms with van der Waals surface area (Å²) in [5, 5.41) is 0.424. The number of sulfonamides is 1. The van der Waals surface area contributed by atoms with Crippen LogP contribution in [0.25, 0.3) is 10.2 Å². The van der Waals surface area contributed by atoms with Gasteiger partial charge in [-0.3, -0.25) is 9.59 Å². The lowest BCUT2D eigenvalue weighted by atomic mass is 10.1. The number of esters is 1. The molecule has 1 atom stereocenters. The fourth-order valence-corrected chi connectivity index (χ4v) is 6.99. The number of methoxy groups -OCH3 is 1. The molecule has 1 fully saturated rings. The maximum Gasteiger partial charge on any atom is 0.325 e. The summed E-state index contributed by atoms with van der Waals surface area (Å²) >= 11 is 7.19. The van der Waals surface area contributed by atoms with Crippen molar-refractivity contribution in [2.45, 2.75) is 44.2 Å². The van der Waals surface area contributed by atoms with Gasteiger partial charge in [0.2, 0.25) is 10.0 Å². The van der Waals surface area contributed by atoms with Crippen molar-refractivity contribution in [1.82, 2.24) is 8.87 Å². The van der Waals surface area contributed by atoms with Crippen molar-refractivity contribution in [2.24, 2.45) is 4.99 Å². The standard InChI is InChI=1S/C23H24ClN3O5S2/c1-14-11-15(2)21-19(12-14)26(13-20(28)32-3)23(33-21)25-22(29)18-5-4-10-27(18)34(30,31)17-8-6-16(24)7-9-17/h6-9,11-12,18H,4-5,10,13H2,1-3H3. The van der Waals surface area contributed by atoms with Gasteiger partial charge < -0.3 is 9.30 Å². The number of ether oxygens (including phenoxy) is 1. The highest BCUT2D eigenvalue weighted by molar-refractivity contribution is 7.89. The molecule has 2 aromatic carbocycles. The van der Waals surface area contributed by atoms with E-state index in [1.807, 2.05) is 26.0 Å². The van der Waals surface area contributed by atoms with Gasteiger partial charge in [0.1, 0.15) is 12.6 Å². The minimum absolute atomic E-state index is 0.0744. The molecule has 1 aliphatic rings. The zero-order valence-corrected chi connectivity index (χ0v) is 21.3. The molecule has 1 unspecified atom stereocenters. The lowest BCUT2D eigenvalue weighted by molar-refractivity contribution is -0.141. The first-order valence-corrected chi connectivity index (χ1v) is 13.3. The monoisotopic (exact) mass is 521 g/mol. The summed E-state index contributed by atoms with van der Waals surface area (Å²) in [5.41, 5.74) is 2.78. The molecular formula is C23H24ClN3O5S2. The number of fused-ring (bicyclic) bond motifs is 1. The van der Waals surface area contributed by atoms with Crippen LogP contribution in [-0.2, 0) is 30.9 Å². The summed E-state index contributed by atoms with van der Waals surface area (Å²) in [6.07, 6.45) is 0.917. The summed E-state index contributed by atoms with van der Waals surface area (Å²) in [6, 6.07) is 8.89. The number of amides is 1. The Labute approximate surface area is 206 Å². The first-order chi connectivity index (χ1) is 16.1. The molecule has 1 aliphatic heterocycles. The number of hydrogen-bond acceptors (Lipinski definition) is 6. The summed E-state index contributed by atoms with van der Waals surface area (Å²) < 4.78 is 35.0. The largest absolute Gasteiger partial charge is 0.468 e. The van der Waals surface area contributed by atoms with Gasteiger partial charge in [-0.2, -0.15) is 9.30 Å². The Morgan fingerprint density at radius 3 is 2.59 bits per heavy atom. The maximum atomic E-state index is 13.3. The van der Waals surface area contributed by atoms with E-state index in [1.54, 1.807) is 4.57 Å². The number of halogens is 1. The van der Waals surface area contributed by atoms with Crippen molar-refractivity contribution in [3.8, 4) is 0 Å². The molecule has 11 heteroatoms. The van der Waals surface area contributed by atoms with Crippen LogP contribution in [-0.4, -0.2) is 48.9 Å². The van der Waals surface area contributed by atoms with Gasteiger partial charge in [0.25, 0.3) is 5.91 Å². The van der Waals surface area contributed by atoms with Crippen LogP contribution in [0.1, 0.15) is 24.0 Å². The van der Waals surface area contributed by atoms with Crippen LogP contribution in [0.3, 0.4) is 0 Å². The number of benzene rings is 2. The molecule has 0 radical (unpaired) electrons. The van der Waals surface area contributed by atoms with Crippen molar-refractivity contribution >= 4 is 55.1 Å². The number of carbonyl (C=O) groups excluding carboxylic acids is 2. The highest BCUT2D eigenvalue weighted by atomic mass is 35.5. The van der Waals surface area contributed by atoms with Crippen LogP contribution < -0.4 is 4.80 Å². The van der Waals surface area contributed by atoms with Gasteiger partial charge in [0.15, 0.2) is 4.80 Å². The molecule has 1 aromatic heterocycles. The fourth-order valence-electron chi connectivity index (χ4n) is 4.13. The Balaban J connectivity index is 1.76. The molecule has 2 heterocycles. The average Bonchev–Trinajstić information content (AvgIpc) is 3.41. The van der Waals surface area contributed by atoms with Crippen molar-refractivity contribution in [3.63, 3.8) is 0 Å². The second-order valence-corrected chi connectivity index (χ2v) is 11.5. The molecule has 1 amide bonds. The smallest absolute Gasteiger partial charge is 0.325 e. The van der Waals surface area contributed by atoms with Crippen LogP contribution in [0.15, 0.2) is 46.3 Å². The van der Waals surface area contributed by atoms with E-state index >= 15 is 0 Å². The Bertz CT molecular complexity index is 1440. The Kier molecular flexibility index (Phi) is 6.95. The average molecular weight is 522 g/mol. The van der Waals surface area contributed by atoms with Gasteiger partial charge >= 0.3 is 5.97 Å². The molecule has 1 saturated heterocycles. The molecule has 0 spiro atoms. The number of rotatable bonds is 5. The van der Waals surface area contributed by atoms with E-state index < -0.39 is 27.9 Å². The van der Waals surface area contributed by atoms with Gasteiger partial charge in [0.05, 0.1) is 22.2 Å². The van der Waals surface area contributed by atoms with Crippen LogP contribution >= 0.6 is 22.9 Å². The lowest BCUT2D eigenvalue weighted by Gasteiger charge is -2.21. The quantitative estimate of drug-likeness (QED) is 0.479. The van der Waals surface area contributed by atoms with Gasteiger partial charge in [-0.05, 0) is 68.1 Å². The molecule has 4 rings (SSSR count). The van der Waals surface area contributed by atoms with E-state index in [4.69, 9.17) is 16.3 Å². The highest BCUT2D eigenvalue weighted by Gasteiger charge is 2.39. The predicted octanol–water partition coefficient (Wildman–Crippen LogP) is 3.43. The van der Waals surface area contributed by atoms with E-state index in [1.165, 1.54) is 47.0 Å². The number of nitrogens with zero attached hydrogens (tertiary/aromatic N) is 3. The zero-order valence-electron chi connectivity index (χ0n) is 18.9. The molecule has 180 valence electrons. The molecule has 34 heavy (non-hydrogen) atoms. The second-order valence-electron chi connectivity index (χ2n) is 8.15. The Morgan fingerprint density at radius 2 is 1.91 bits per heavy atom. The SMILES string of the molecule is COC(=O)Cn1c(=NC(=O)C2CCCN2S(=O)(=O)c2ccc(Cl)cc2)sc2c(C)cc(C)cc21. The van der Waals surface area contributed by atoms with Gasteiger partial charge in [-0.25, -0.2) is 8.42 Å². The third-order valence-corrected chi connectivity index (χ3v) is 9.15. The normalized spacial score (nSPS) is 17.4. The van der Waals surface area contributed by atoms with Gasteiger partial charge in [-0.1, -0.05) is 29.0 Å². The highest BCUT2D eigenvalue weighted by Crippen LogP contribution is 2.28. The topological polar surface area (TPSA) is 98.0 Å². The second kappa shape index (κ2) is 9.61. The number of thiazole rings is 1. The number of hydrogen-bond donors (Lipinski definition) is 0. The summed E-state index contributed by atoms with van der Waals surface area (Å²) in [5.74, 6) is -1.03. The van der Waals surface area contributed by atoms with Crippen LogP contribution in [0.5, 0.6) is 0 Å². The third kappa shape index (κ3) is 4.68. The number of carbonyl (C=O) groups is 2. The minimum atomic E-state index is -3.90. The Hall–Kier alpha value is -2.53. The van der Waals surface area contributed by atoms with E-state index in [0.717, 1.165) is 21.3 Å². The van der Waals surface area contributed by atoms with E-state index in [-0.39, 0.29) is 18.0 Å². The zero-order chi connectivity index (χ0) is 24.6. The number of aromatic nitrogens is 1. The van der Waals surface area contributed by atoms with Crippen LogP contribution in [0.4, 0.5) is 0 Å². The molecule has 0 saturated carbocycles. The van der Waals surface area contributed by atoms with E-state index in [2.05, 4.69) is 4.99 Å². The minimum Gasteiger partial charge on any atom is -0.468 e. The van der Waals surface area contributed by atoms with Crippen molar-refractivity contribution < 1.29 is 22.7 Å². The molecule has 3 aromatic rings. The van der Waals surface area contributed by atoms with Crippen molar-refractivity contribution in [3.05, 3.63) is 57.3 Å². The third-order valence-electron chi connectivity index (χ3n) is 5.74. The van der Waals surface area contributed by atoms with Crippen LogP contribution in [0.2, 0.25) is 5.02 Å². The van der Waals surface area contributed by atoms with Gasteiger partial charge in [-0.15, -0.1) is 0 Å². The summed E-state index contributed by atoms with van der Waals surface area (Å²) in [4.78, 5) is 30.1. The van der Waals surface area contributed by atoms with Crippen molar-refractivity contribution in [2.75, 3.05) is 13.7 Å². The molecule has 0 bridgehead atoms. The van der Waals surface area contributed by atoms with Crippen LogP contribution in [0, 0.1) is 13.8 Å². The summed E-state index contributed by atoms with van der Waals surface area (Å²) in [7, 11) is -2.60. The lowest BCUT2D eigenvalue weighted by Crippen LogP contribution is -2.40. The predicted molar refractivity (Wildman–Crippen MR) is 130 cm³/mol. The fraction of sp³-hybridized carbons (Fsp3) is 0.348. The molecule has 0 N–H and O–H groups in total. The van der Waals surface area contributed by atoms with Crippen molar-refractivity contribution in [1.29, 1.82) is 0 Å². The number of aryl methyl sites for hydroxylation is 2. The molecule has 8 nitrogen and oxygen atoms in total.